The predicted octanol–water partition coefficient (Wildman–Crippen LogP) is 23.8. The molecular formula is C80H158O19. The maximum atomic E-state index is 13.3. The van der Waals surface area contributed by atoms with Crippen molar-refractivity contribution in [3.8, 4) is 23.2 Å². The van der Waals surface area contributed by atoms with Gasteiger partial charge in [-0.3, -0.25) is 4.79 Å². The van der Waals surface area contributed by atoms with Crippen LogP contribution in [0.5, 0.6) is 23.2 Å². The zero-order valence-corrected chi connectivity index (χ0v) is 37.6. The molecule has 10 aromatic rings. The van der Waals surface area contributed by atoms with Crippen molar-refractivity contribution in [3.05, 3.63) is 113 Å². The van der Waals surface area contributed by atoms with Crippen LogP contribution in [0.2, 0.25) is 0 Å². The van der Waals surface area contributed by atoms with Gasteiger partial charge < -0.3 is 72.4 Å². The molecule has 0 saturated carbocycles. The summed E-state index contributed by atoms with van der Waals surface area (Å²) in [5.74, 6) is -1.75. The molecule has 19 heteroatoms. The second-order valence-corrected chi connectivity index (χ2v) is 18.1. The number of hydrogen-bond acceptors (Lipinski definition) is 19. The predicted molar refractivity (Wildman–Crippen MR) is 446 cm³/mol. The zero-order chi connectivity index (χ0) is 49.5. The minimum absolute atomic E-state index is 0. The van der Waals surface area contributed by atoms with Crippen LogP contribution >= 0.6 is 0 Å². The van der Waals surface area contributed by atoms with Crippen molar-refractivity contribution >= 4 is 87.0 Å². The molecule has 0 bridgehead atoms. The van der Waals surface area contributed by atoms with Crippen LogP contribution < -0.4 is 27.0 Å². The summed E-state index contributed by atoms with van der Waals surface area (Å²) >= 11 is 0. The number of ether oxygens (including phenoxy) is 4. The van der Waals surface area contributed by atoms with E-state index in [0.717, 1.165) is 5.56 Å². The summed E-state index contributed by atoms with van der Waals surface area (Å²) in [5.41, 5.74) is -0.808. The number of phenols is 2. The number of hydrogen-bond donors (Lipinski definition) is 7. The number of aromatic hydroxyl groups is 3. The second kappa shape index (κ2) is 51.7. The molecule has 12 rings (SSSR count). The smallest absolute Gasteiger partial charge is 0.348 e. The molecule has 19 nitrogen and oxygen atoms in total. The Labute approximate surface area is 604 Å². The Hall–Kier alpha value is -7.36. The van der Waals surface area contributed by atoms with E-state index in [0.29, 0.717) is 21.7 Å². The van der Waals surface area contributed by atoms with E-state index in [4.69, 9.17) is 36.6 Å². The first-order valence-corrected chi connectivity index (χ1v) is 22.2. The van der Waals surface area contributed by atoms with Crippen LogP contribution in [0.1, 0.15) is 247 Å². The van der Waals surface area contributed by atoms with Gasteiger partial charge in [0.25, 0.3) is 5.95 Å². The van der Waals surface area contributed by atoms with Gasteiger partial charge in [-0.05, 0) is 75.2 Å². The Morgan fingerprint density at radius 2 is 0.747 bits per heavy atom. The largest absolute Gasteiger partial charge is 0.506 e. The van der Waals surface area contributed by atoms with Crippen molar-refractivity contribution in [1.82, 2.24) is 0 Å². The third-order valence-corrected chi connectivity index (χ3v) is 13.6. The Bertz CT molecular complexity index is 4030. The van der Waals surface area contributed by atoms with E-state index >= 15 is 0 Å². The molecular weight excluding hydrogens is 1260 g/mol. The number of rotatable bonds is 4. The number of aliphatic hydroxyl groups excluding tert-OH is 4. The molecule has 0 spiro atoms. The monoisotopic (exact) mass is 1420 g/mol. The van der Waals surface area contributed by atoms with Crippen LogP contribution in [0, 0.1) is 19.8 Å². The molecule has 7 N–H and O–H groups in total. The van der Waals surface area contributed by atoms with Crippen LogP contribution in [0.15, 0.2) is 97.5 Å². The van der Waals surface area contributed by atoms with Crippen LogP contribution in [0.25, 0.3) is 87.0 Å². The average Bonchev–Trinajstić information content (AvgIpc) is 3.31. The zero-order valence-electron chi connectivity index (χ0n) is 37.6. The van der Waals surface area contributed by atoms with Gasteiger partial charge in [0.2, 0.25) is 6.29 Å². The number of benzene rings is 6. The molecule has 0 amide bonds. The molecule has 592 valence electrons. The van der Waals surface area contributed by atoms with Crippen LogP contribution in [-0.4, -0.2) is 91.1 Å². The summed E-state index contributed by atoms with van der Waals surface area (Å²) in [6.45, 7) is 8.29. The van der Waals surface area contributed by atoms with Crippen molar-refractivity contribution in [2.45, 2.75) is 305 Å². The summed E-state index contributed by atoms with van der Waals surface area (Å²) in [5, 5.41) is 77.1. The average molecular weight is 1420 g/mol. The van der Waals surface area contributed by atoms with Gasteiger partial charge in [0.05, 0.1) is 39.9 Å². The van der Waals surface area contributed by atoms with Crippen molar-refractivity contribution in [3.63, 3.8) is 0 Å². The van der Waals surface area contributed by atoms with E-state index in [1.165, 1.54) is 43.3 Å². The summed E-state index contributed by atoms with van der Waals surface area (Å²) < 4.78 is 46.1. The van der Waals surface area contributed by atoms with Crippen LogP contribution in [0.3, 0.4) is 0 Å². The van der Waals surface area contributed by atoms with Gasteiger partial charge in [0, 0.05) is 38.2 Å². The first-order chi connectivity index (χ1) is 33.3. The van der Waals surface area contributed by atoms with E-state index in [1.54, 1.807) is 52.0 Å². The number of fused-ring (bicyclic) bond motifs is 4. The van der Waals surface area contributed by atoms with Crippen LogP contribution in [0.4, 0.5) is 0 Å². The lowest BCUT2D eigenvalue weighted by molar-refractivity contribution is -0.346. The lowest BCUT2D eigenvalue weighted by Gasteiger charge is -2.45. The van der Waals surface area contributed by atoms with Crippen molar-refractivity contribution in [2.75, 3.05) is 0 Å². The first-order valence-electron chi connectivity index (χ1n) is 22.2. The fourth-order valence-electron chi connectivity index (χ4n) is 10.1. The molecule has 2 saturated heterocycles. The second-order valence-electron chi connectivity index (χ2n) is 18.1. The molecule has 2 fully saturated rings. The standard InChI is InChI=1S/C32H32O13.C19H10O6.29CH4/c1-10-8-15-18-17(9-10)42-30(39)21-20(18)27(44-29(15)38)19-14(25(21)36)6-5-7-16(19)43-32-28(26(37)24(35)13(4)41-32)45-31-23(34)11(2)22(33)12(3)40-31;1-7-5-9-13-11(6-7)24-19(23)15-14(13)17(25-18(9)22)12-8(16(15)21)3-2-4-10(12)20;;;;;;;;;;;;;;;;;;;;;;;;;;;;;/h5-9,11-13,22-24,26,28,31-37H,1-4H3;2-6,21-22H,1H3;29*1H4/t11?,12?,13?,22-,23-,24+,26+,28?,31-,32+;;;;;;;;;;;;;;;;;;;;;;;;;;;;;;/m1............................../s1. The van der Waals surface area contributed by atoms with Crippen molar-refractivity contribution in [2.24, 2.45) is 5.92 Å². The van der Waals surface area contributed by atoms with E-state index < -0.39 is 83.9 Å². The van der Waals surface area contributed by atoms with Gasteiger partial charge in [-0.2, -0.15) is 0 Å². The topological polar surface area (TPSA) is 299 Å². The first kappa shape index (κ1) is 143. The Kier molecular flexibility index (Phi) is 74.6. The van der Waals surface area contributed by atoms with Gasteiger partial charge in [0.1, 0.15) is 57.5 Å². The maximum absolute atomic E-state index is 13.3. The molecule has 2 aliphatic heterocycles. The Morgan fingerprint density at radius 3 is 1.20 bits per heavy atom. The molecule has 10 atom stereocenters. The van der Waals surface area contributed by atoms with Gasteiger partial charge in [-0.1, -0.05) is 247 Å². The fourth-order valence-corrected chi connectivity index (χ4v) is 10.1. The van der Waals surface area contributed by atoms with E-state index in [2.05, 4.69) is 0 Å². The lowest BCUT2D eigenvalue weighted by atomic mass is 9.91. The highest BCUT2D eigenvalue weighted by molar-refractivity contribution is 6.29. The molecule has 2 aliphatic rings. The van der Waals surface area contributed by atoms with Gasteiger partial charge in [-0.25, -0.2) is 14.4 Å². The number of aliphatic hydroxyl groups is 4. The highest BCUT2D eigenvalue weighted by atomic mass is 16.8. The van der Waals surface area contributed by atoms with Crippen LogP contribution in [-0.2, 0) is 14.2 Å². The molecule has 0 aliphatic carbocycles. The van der Waals surface area contributed by atoms with Gasteiger partial charge in [-0.15, -0.1) is 0 Å². The minimum Gasteiger partial charge on any atom is -0.506 e. The Balaban J connectivity index is -0.0000000629. The SMILES string of the molecule is C.C.C.C.C.C.C.C.C.C.C.C.C.C.C.C.C.C.C.C.C.C.C.C.C.C.C.C.C.Cc1cc2oc(=O)c3c(O)c4cccc(=O)c4c4oc(O)c(c1)c2c34.Cc1cc2oc(=O)c3c(O)c4cccc(O[C@@H]5OC(C)[C@H](O)[C@H](O)C5O[C@H]5OC(C)[C@H](O)C(C)[C@H]5O)c4c4oc(=O)c(c1)c2c34. The summed E-state index contributed by atoms with van der Waals surface area (Å²) in [7, 11) is 0. The summed E-state index contributed by atoms with van der Waals surface area (Å²) in [4.78, 5) is 51.3. The number of phenolic OH excluding ortho intramolecular Hbond substituents is 2. The molecule has 4 unspecified atom stereocenters. The molecule has 6 aromatic carbocycles. The van der Waals surface area contributed by atoms with Crippen molar-refractivity contribution < 1.29 is 72.4 Å². The maximum Gasteiger partial charge on any atom is 0.348 e. The fraction of sp³-hybridized carbons (Fsp3) is 0.550. The quantitative estimate of drug-likeness (QED) is 0.0489. The van der Waals surface area contributed by atoms with E-state index in [-0.39, 0.29) is 309 Å². The minimum atomic E-state index is -1.56. The third-order valence-electron chi connectivity index (χ3n) is 13.6. The lowest BCUT2D eigenvalue weighted by Crippen LogP contribution is -2.62. The summed E-state index contributed by atoms with van der Waals surface area (Å²) in [6, 6.07) is 15.4. The highest BCUT2D eigenvalue weighted by Crippen LogP contribution is 2.47. The molecule has 6 heterocycles. The van der Waals surface area contributed by atoms with Crippen molar-refractivity contribution in [1.29, 1.82) is 0 Å². The molecule has 4 aromatic heterocycles. The molecule has 0 radical (unpaired) electrons. The van der Waals surface area contributed by atoms with E-state index in [1.807, 2.05) is 0 Å². The van der Waals surface area contributed by atoms with Gasteiger partial charge >= 0.3 is 16.9 Å². The third kappa shape index (κ3) is 21.8. The highest BCUT2D eigenvalue weighted by Gasteiger charge is 2.50. The van der Waals surface area contributed by atoms with Gasteiger partial charge in [0.15, 0.2) is 29.0 Å². The summed E-state index contributed by atoms with van der Waals surface area (Å²) in [6.07, 6.45) is -11.0. The Morgan fingerprint density at radius 1 is 0.364 bits per heavy atom. The molecule has 99 heavy (non-hydrogen) atoms. The normalized spacial score (nSPS) is 17.9. The van der Waals surface area contributed by atoms with E-state index in [9.17, 15) is 54.9 Å². The number of aryl methyl sites for hydroxylation is 2.